The van der Waals surface area contributed by atoms with Gasteiger partial charge in [0.15, 0.2) is 10.6 Å². The first-order valence-electron chi connectivity index (χ1n) is 8.98. The summed E-state index contributed by atoms with van der Waals surface area (Å²) in [5.41, 5.74) is 6.71. The molecule has 2 rings (SSSR count). The van der Waals surface area contributed by atoms with E-state index in [1.807, 2.05) is 13.0 Å². The molecule has 0 fully saturated rings. The van der Waals surface area contributed by atoms with Crippen LogP contribution in [-0.4, -0.2) is 41.4 Å². The monoisotopic (exact) mass is 439 g/mol. The molecule has 0 aliphatic carbocycles. The average Bonchev–Trinajstić information content (AvgIpc) is 2.72. The number of carbonyl (C=O) groups is 2. The zero-order valence-corrected chi connectivity index (χ0v) is 17.5. The summed E-state index contributed by atoms with van der Waals surface area (Å²) in [6.45, 7) is 3.44. The van der Waals surface area contributed by atoms with Crippen molar-refractivity contribution in [3.63, 3.8) is 0 Å². The summed E-state index contributed by atoms with van der Waals surface area (Å²) >= 11 is 11.5. The predicted octanol–water partition coefficient (Wildman–Crippen LogP) is 3.73. The third-order valence-corrected chi connectivity index (χ3v) is 4.27. The molecule has 0 spiro atoms. The average molecular weight is 440 g/mol. The fraction of sp³-hybridized carbons (Fsp3) is 0.300. The van der Waals surface area contributed by atoms with Gasteiger partial charge in [-0.15, -0.1) is 5.06 Å². The number of alkyl halides is 2. The van der Waals surface area contributed by atoms with Crippen LogP contribution in [0.3, 0.4) is 0 Å². The van der Waals surface area contributed by atoms with Gasteiger partial charge in [0.05, 0.1) is 12.3 Å². The SMILES string of the molecule is CCOCCN(Cc1ccc(N(Oc2ccccc2)C(N)=O)cc1)C(=O)C(Cl)Cl. The maximum absolute atomic E-state index is 12.2. The molecule has 2 aromatic carbocycles. The molecule has 2 aromatic rings. The Bertz CT molecular complexity index is 788. The number of rotatable bonds is 10. The number of nitrogens with zero attached hydrogens (tertiary/aromatic N) is 2. The Hall–Kier alpha value is -2.48. The second kappa shape index (κ2) is 11.5. The number of amides is 3. The highest BCUT2D eigenvalue weighted by Crippen LogP contribution is 2.20. The lowest BCUT2D eigenvalue weighted by Gasteiger charge is -2.24. The van der Waals surface area contributed by atoms with Gasteiger partial charge < -0.3 is 20.2 Å². The molecule has 7 nitrogen and oxygen atoms in total. The number of primary amides is 1. The van der Waals surface area contributed by atoms with E-state index >= 15 is 0 Å². The molecule has 0 unspecified atom stereocenters. The Labute approximate surface area is 179 Å². The predicted molar refractivity (Wildman–Crippen MR) is 113 cm³/mol. The third kappa shape index (κ3) is 7.12. The first-order chi connectivity index (χ1) is 13.9. The van der Waals surface area contributed by atoms with Gasteiger partial charge >= 0.3 is 6.03 Å². The number of nitrogens with two attached hydrogens (primary N) is 1. The van der Waals surface area contributed by atoms with Crippen LogP contribution in [0.2, 0.25) is 0 Å². The third-order valence-electron chi connectivity index (χ3n) is 3.89. The molecule has 0 radical (unpaired) electrons. The molecule has 2 N–H and O–H groups in total. The molecular weight excluding hydrogens is 417 g/mol. The summed E-state index contributed by atoms with van der Waals surface area (Å²) in [6.07, 6.45) is 0. The highest BCUT2D eigenvalue weighted by Gasteiger charge is 2.21. The van der Waals surface area contributed by atoms with E-state index in [0.29, 0.717) is 31.2 Å². The molecule has 0 aliphatic heterocycles. The van der Waals surface area contributed by atoms with Gasteiger partial charge in [0.25, 0.3) is 5.91 Å². The molecule has 29 heavy (non-hydrogen) atoms. The molecular formula is C20H23Cl2N3O4. The van der Waals surface area contributed by atoms with Gasteiger partial charge in [-0.05, 0) is 36.8 Å². The molecule has 156 valence electrons. The zero-order chi connectivity index (χ0) is 21.2. The van der Waals surface area contributed by atoms with E-state index in [9.17, 15) is 9.59 Å². The summed E-state index contributed by atoms with van der Waals surface area (Å²) in [6, 6.07) is 14.9. The van der Waals surface area contributed by atoms with Crippen LogP contribution in [0.25, 0.3) is 0 Å². The van der Waals surface area contributed by atoms with Crippen molar-refractivity contribution in [1.82, 2.24) is 4.90 Å². The van der Waals surface area contributed by atoms with E-state index in [2.05, 4.69) is 0 Å². The van der Waals surface area contributed by atoms with Crippen molar-refractivity contribution in [1.29, 1.82) is 0 Å². The smallest absolute Gasteiger partial charge is 0.352 e. The van der Waals surface area contributed by atoms with Crippen LogP contribution >= 0.6 is 23.2 Å². The van der Waals surface area contributed by atoms with Crippen molar-refractivity contribution in [2.24, 2.45) is 5.73 Å². The van der Waals surface area contributed by atoms with Gasteiger partial charge in [-0.1, -0.05) is 53.5 Å². The van der Waals surface area contributed by atoms with Gasteiger partial charge in [-0.25, -0.2) is 4.79 Å². The number of benzene rings is 2. The Morgan fingerprint density at radius 2 is 1.72 bits per heavy atom. The molecule has 0 bridgehead atoms. The quantitative estimate of drug-likeness (QED) is 0.347. The lowest BCUT2D eigenvalue weighted by Crippen LogP contribution is -2.38. The maximum atomic E-state index is 12.2. The number of hydrogen-bond donors (Lipinski definition) is 1. The summed E-state index contributed by atoms with van der Waals surface area (Å²) in [5.74, 6) is 0.0709. The zero-order valence-electron chi connectivity index (χ0n) is 16.0. The van der Waals surface area contributed by atoms with E-state index in [1.165, 1.54) is 4.90 Å². The fourth-order valence-corrected chi connectivity index (χ4v) is 2.77. The van der Waals surface area contributed by atoms with Crippen LogP contribution in [0.15, 0.2) is 54.6 Å². The maximum Gasteiger partial charge on any atom is 0.352 e. The van der Waals surface area contributed by atoms with Gasteiger partial charge in [-0.3, -0.25) is 4.79 Å². The van der Waals surface area contributed by atoms with Crippen LogP contribution in [0.4, 0.5) is 10.5 Å². The first kappa shape index (κ1) is 22.8. The van der Waals surface area contributed by atoms with Gasteiger partial charge in [0.2, 0.25) is 0 Å². The van der Waals surface area contributed by atoms with Crippen molar-refractivity contribution in [2.75, 3.05) is 24.8 Å². The Balaban J connectivity index is 2.11. The normalized spacial score (nSPS) is 10.6. The second-order valence-electron chi connectivity index (χ2n) is 5.96. The summed E-state index contributed by atoms with van der Waals surface area (Å²) in [7, 11) is 0. The minimum atomic E-state index is -1.15. The van der Waals surface area contributed by atoms with Gasteiger partial charge in [0.1, 0.15) is 0 Å². The van der Waals surface area contributed by atoms with Gasteiger partial charge in [-0.2, -0.15) is 0 Å². The minimum absolute atomic E-state index is 0.290. The first-order valence-corrected chi connectivity index (χ1v) is 9.85. The van der Waals surface area contributed by atoms with Crippen LogP contribution in [0, 0.1) is 0 Å². The van der Waals surface area contributed by atoms with Crippen LogP contribution in [0.1, 0.15) is 12.5 Å². The summed E-state index contributed by atoms with van der Waals surface area (Å²) < 4.78 is 5.31. The largest absolute Gasteiger partial charge is 0.380 e. The Morgan fingerprint density at radius 1 is 1.07 bits per heavy atom. The van der Waals surface area contributed by atoms with Crippen molar-refractivity contribution in [3.8, 4) is 5.75 Å². The van der Waals surface area contributed by atoms with E-state index < -0.39 is 16.8 Å². The highest BCUT2D eigenvalue weighted by atomic mass is 35.5. The number of carbonyl (C=O) groups excluding carboxylic acids is 2. The van der Waals surface area contributed by atoms with E-state index in [0.717, 1.165) is 10.6 Å². The number of urea groups is 1. The Kier molecular flexibility index (Phi) is 9.05. The second-order valence-corrected chi connectivity index (χ2v) is 7.06. The lowest BCUT2D eigenvalue weighted by atomic mass is 10.2. The number of ether oxygens (including phenoxy) is 1. The summed E-state index contributed by atoms with van der Waals surface area (Å²) in [5, 5.41) is 0.991. The molecule has 0 saturated heterocycles. The fourth-order valence-electron chi connectivity index (χ4n) is 2.49. The van der Waals surface area contributed by atoms with Crippen molar-refractivity contribution in [3.05, 3.63) is 60.2 Å². The van der Waals surface area contributed by atoms with E-state index in [-0.39, 0.29) is 6.54 Å². The lowest BCUT2D eigenvalue weighted by molar-refractivity contribution is -0.130. The number of hydrogen-bond acceptors (Lipinski definition) is 4. The molecule has 9 heteroatoms. The van der Waals surface area contributed by atoms with E-state index in [1.54, 1.807) is 48.5 Å². The van der Waals surface area contributed by atoms with Crippen molar-refractivity contribution in [2.45, 2.75) is 18.3 Å². The Morgan fingerprint density at radius 3 is 2.28 bits per heavy atom. The molecule has 0 aliphatic rings. The standard InChI is InChI=1S/C20H23Cl2N3O4/c1-2-28-13-12-24(19(26)18(21)22)14-15-8-10-16(11-9-15)25(20(23)27)29-17-6-4-3-5-7-17/h3-11,18H,2,12-14H2,1H3,(H2,23,27). The summed E-state index contributed by atoms with van der Waals surface area (Å²) in [4.78, 5) is 30.0. The molecule has 0 heterocycles. The number of hydroxylamine groups is 1. The topological polar surface area (TPSA) is 85.1 Å². The number of halogens is 2. The van der Waals surface area contributed by atoms with Crippen LogP contribution < -0.4 is 15.6 Å². The minimum Gasteiger partial charge on any atom is -0.380 e. The van der Waals surface area contributed by atoms with Gasteiger partial charge in [0, 0.05) is 19.7 Å². The van der Waals surface area contributed by atoms with Crippen molar-refractivity contribution < 1.29 is 19.2 Å². The molecule has 0 atom stereocenters. The number of para-hydroxylation sites is 1. The molecule has 0 aromatic heterocycles. The van der Waals surface area contributed by atoms with Crippen molar-refractivity contribution >= 4 is 40.8 Å². The van der Waals surface area contributed by atoms with Crippen LogP contribution in [-0.2, 0) is 16.1 Å². The van der Waals surface area contributed by atoms with E-state index in [4.69, 9.17) is 38.5 Å². The van der Waals surface area contributed by atoms with Crippen LogP contribution in [0.5, 0.6) is 5.75 Å². The molecule has 3 amide bonds. The number of anilines is 1. The highest BCUT2D eigenvalue weighted by molar-refractivity contribution is 6.53. The molecule has 0 saturated carbocycles.